The number of hydrogen-bond acceptors (Lipinski definition) is 2. The summed E-state index contributed by atoms with van der Waals surface area (Å²) in [5.41, 5.74) is 6.16. The molecule has 108 valence electrons. The minimum Gasteiger partial charge on any atom is -0.366 e. The van der Waals surface area contributed by atoms with Crippen molar-refractivity contribution >= 4 is 17.5 Å². The topological polar surface area (TPSA) is 72.2 Å². The highest BCUT2D eigenvalue weighted by molar-refractivity contribution is 6.02. The largest absolute Gasteiger partial charge is 0.366 e. The summed E-state index contributed by atoms with van der Waals surface area (Å²) in [5.74, 6) is 0.123. The maximum absolute atomic E-state index is 12.0. The molecule has 1 saturated carbocycles. The van der Waals surface area contributed by atoms with E-state index in [1.54, 1.807) is 24.3 Å². The summed E-state index contributed by atoms with van der Waals surface area (Å²) < 4.78 is 0. The SMILES string of the molecule is NC(=O)c1ccccc1NC(=O)CCC1CCCCC1. The van der Waals surface area contributed by atoms with Gasteiger partial charge in [-0.25, -0.2) is 0 Å². The lowest BCUT2D eigenvalue weighted by Gasteiger charge is -2.21. The molecule has 0 radical (unpaired) electrons. The Morgan fingerprint density at radius 2 is 1.85 bits per heavy atom. The lowest BCUT2D eigenvalue weighted by molar-refractivity contribution is -0.116. The average molecular weight is 274 g/mol. The van der Waals surface area contributed by atoms with Crippen LogP contribution >= 0.6 is 0 Å². The Labute approximate surface area is 119 Å². The Hall–Kier alpha value is -1.84. The molecular formula is C16H22N2O2. The van der Waals surface area contributed by atoms with E-state index in [1.165, 1.54) is 32.1 Å². The highest BCUT2D eigenvalue weighted by Crippen LogP contribution is 2.27. The van der Waals surface area contributed by atoms with Crippen LogP contribution in [0, 0.1) is 5.92 Å². The van der Waals surface area contributed by atoms with E-state index in [2.05, 4.69) is 5.32 Å². The Kier molecular flexibility index (Phi) is 5.16. The second kappa shape index (κ2) is 7.08. The van der Waals surface area contributed by atoms with Gasteiger partial charge in [0.25, 0.3) is 5.91 Å². The third kappa shape index (κ3) is 4.08. The molecule has 1 aliphatic carbocycles. The number of amides is 2. The molecule has 0 heterocycles. The quantitative estimate of drug-likeness (QED) is 0.866. The molecule has 1 aromatic carbocycles. The van der Waals surface area contributed by atoms with E-state index >= 15 is 0 Å². The number of hydrogen-bond donors (Lipinski definition) is 2. The van der Waals surface area contributed by atoms with Gasteiger partial charge < -0.3 is 11.1 Å². The molecule has 4 heteroatoms. The molecule has 0 aliphatic heterocycles. The van der Waals surface area contributed by atoms with Gasteiger partial charge in [-0.05, 0) is 24.5 Å². The van der Waals surface area contributed by atoms with Crippen LogP contribution in [0.3, 0.4) is 0 Å². The van der Waals surface area contributed by atoms with E-state index in [1.807, 2.05) is 0 Å². The van der Waals surface area contributed by atoms with Crippen LogP contribution in [0.1, 0.15) is 55.3 Å². The molecule has 1 fully saturated rings. The van der Waals surface area contributed by atoms with Crippen LogP contribution in [0.4, 0.5) is 5.69 Å². The second-order valence-electron chi connectivity index (χ2n) is 5.50. The van der Waals surface area contributed by atoms with Crippen molar-refractivity contribution in [1.29, 1.82) is 0 Å². The summed E-state index contributed by atoms with van der Waals surface area (Å²) in [6.07, 6.45) is 7.83. The molecule has 4 nitrogen and oxygen atoms in total. The van der Waals surface area contributed by atoms with Crippen molar-refractivity contribution < 1.29 is 9.59 Å². The van der Waals surface area contributed by atoms with Gasteiger partial charge in [0.15, 0.2) is 0 Å². The van der Waals surface area contributed by atoms with Gasteiger partial charge in [-0.1, -0.05) is 44.2 Å². The number of anilines is 1. The van der Waals surface area contributed by atoms with E-state index in [0.717, 1.165) is 6.42 Å². The second-order valence-corrected chi connectivity index (χ2v) is 5.50. The first-order valence-electron chi connectivity index (χ1n) is 7.35. The third-order valence-corrected chi connectivity index (χ3v) is 3.97. The first kappa shape index (κ1) is 14.6. The summed E-state index contributed by atoms with van der Waals surface area (Å²) in [6.45, 7) is 0. The Bertz CT molecular complexity index is 479. The lowest BCUT2D eigenvalue weighted by atomic mass is 9.86. The molecule has 1 aliphatic rings. The maximum atomic E-state index is 12.0. The van der Waals surface area contributed by atoms with Crippen LogP contribution in [-0.2, 0) is 4.79 Å². The van der Waals surface area contributed by atoms with Crippen molar-refractivity contribution in [3.63, 3.8) is 0 Å². The average Bonchev–Trinajstić information content (AvgIpc) is 2.46. The molecule has 20 heavy (non-hydrogen) atoms. The molecule has 0 bridgehead atoms. The fraction of sp³-hybridized carbons (Fsp3) is 0.500. The van der Waals surface area contributed by atoms with E-state index in [0.29, 0.717) is 23.6 Å². The Morgan fingerprint density at radius 3 is 2.55 bits per heavy atom. The van der Waals surface area contributed by atoms with Crippen LogP contribution in [0.25, 0.3) is 0 Å². The van der Waals surface area contributed by atoms with Crippen LogP contribution < -0.4 is 11.1 Å². The smallest absolute Gasteiger partial charge is 0.250 e. The lowest BCUT2D eigenvalue weighted by Crippen LogP contribution is -2.19. The van der Waals surface area contributed by atoms with E-state index in [4.69, 9.17) is 5.73 Å². The number of nitrogens with two attached hydrogens (primary N) is 1. The Balaban J connectivity index is 1.86. The first-order chi connectivity index (χ1) is 9.66. The molecular weight excluding hydrogens is 252 g/mol. The van der Waals surface area contributed by atoms with Crippen molar-refractivity contribution in [2.24, 2.45) is 11.7 Å². The Morgan fingerprint density at radius 1 is 1.15 bits per heavy atom. The predicted octanol–water partition coefficient (Wildman–Crippen LogP) is 3.08. The van der Waals surface area contributed by atoms with Gasteiger partial charge in [0.05, 0.1) is 11.3 Å². The van der Waals surface area contributed by atoms with Gasteiger partial charge in [0, 0.05) is 6.42 Å². The van der Waals surface area contributed by atoms with Crippen molar-refractivity contribution in [2.45, 2.75) is 44.9 Å². The number of rotatable bonds is 5. The monoisotopic (exact) mass is 274 g/mol. The highest BCUT2D eigenvalue weighted by atomic mass is 16.2. The van der Waals surface area contributed by atoms with Crippen molar-refractivity contribution in [1.82, 2.24) is 0 Å². The number of carbonyl (C=O) groups excluding carboxylic acids is 2. The molecule has 2 rings (SSSR count). The molecule has 3 N–H and O–H groups in total. The molecule has 0 saturated heterocycles. The highest BCUT2D eigenvalue weighted by Gasteiger charge is 2.15. The van der Waals surface area contributed by atoms with Gasteiger partial charge in [0.2, 0.25) is 5.91 Å². The number of para-hydroxylation sites is 1. The zero-order valence-corrected chi connectivity index (χ0v) is 11.7. The van der Waals surface area contributed by atoms with Gasteiger partial charge in [-0.15, -0.1) is 0 Å². The normalized spacial score (nSPS) is 15.8. The molecule has 2 amide bonds. The molecule has 0 aromatic heterocycles. The van der Waals surface area contributed by atoms with E-state index in [-0.39, 0.29) is 5.91 Å². The molecule has 0 unspecified atom stereocenters. The van der Waals surface area contributed by atoms with Crippen LogP contribution in [-0.4, -0.2) is 11.8 Å². The van der Waals surface area contributed by atoms with Crippen molar-refractivity contribution in [2.75, 3.05) is 5.32 Å². The van der Waals surface area contributed by atoms with Gasteiger partial charge in [0.1, 0.15) is 0 Å². The van der Waals surface area contributed by atoms with Crippen LogP contribution in [0.15, 0.2) is 24.3 Å². The van der Waals surface area contributed by atoms with Crippen molar-refractivity contribution in [3.8, 4) is 0 Å². The maximum Gasteiger partial charge on any atom is 0.250 e. The predicted molar refractivity (Wildman–Crippen MR) is 79.4 cm³/mol. The van der Waals surface area contributed by atoms with Gasteiger partial charge in [-0.3, -0.25) is 9.59 Å². The molecule has 1 aromatic rings. The minimum absolute atomic E-state index is 0.0377. The number of benzene rings is 1. The molecule has 0 atom stereocenters. The first-order valence-corrected chi connectivity index (χ1v) is 7.35. The minimum atomic E-state index is -0.520. The van der Waals surface area contributed by atoms with Gasteiger partial charge in [-0.2, -0.15) is 0 Å². The third-order valence-electron chi connectivity index (χ3n) is 3.97. The number of primary amides is 1. The van der Waals surface area contributed by atoms with E-state index < -0.39 is 5.91 Å². The summed E-state index contributed by atoms with van der Waals surface area (Å²) in [5, 5.41) is 2.79. The fourth-order valence-corrected chi connectivity index (χ4v) is 2.83. The van der Waals surface area contributed by atoms with Crippen LogP contribution in [0.2, 0.25) is 0 Å². The van der Waals surface area contributed by atoms with Gasteiger partial charge >= 0.3 is 0 Å². The van der Waals surface area contributed by atoms with Crippen LogP contribution in [0.5, 0.6) is 0 Å². The number of nitrogens with one attached hydrogen (secondary N) is 1. The zero-order chi connectivity index (χ0) is 14.4. The van der Waals surface area contributed by atoms with E-state index in [9.17, 15) is 9.59 Å². The summed E-state index contributed by atoms with van der Waals surface area (Å²) in [4.78, 5) is 23.2. The standard InChI is InChI=1S/C16H22N2O2/c17-16(20)13-8-4-5-9-14(13)18-15(19)11-10-12-6-2-1-3-7-12/h4-5,8-9,12H,1-3,6-7,10-11H2,(H2,17,20)(H,18,19). The van der Waals surface area contributed by atoms with Crippen molar-refractivity contribution in [3.05, 3.63) is 29.8 Å². The summed E-state index contributed by atoms with van der Waals surface area (Å²) in [6, 6.07) is 6.85. The summed E-state index contributed by atoms with van der Waals surface area (Å²) >= 11 is 0. The fourth-order valence-electron chi connectivity index (χ4n) is 2.83. The zero-order valence-electron chi connectivity index (χ0n) is 11.7. The molecule has 0 spiro atoms. The summed E-state index contributed by atoms with van der Waals surface area (Å²) in [7, 11) is 0. The number of carbonyl (C=O) groups is 2.